The first-order valence-electron chi connectivity index (χ1n) is 7.58. The van der Waals surface area contributed by atoms with Crippen LogP contribution >= 0.6 is 11.3 Å². The fraction of sp³-hybridized carbons (Fsp3) is 0.800. The SMILES string of the molecule is CCCNCc1sc(C2CCCC2)nc1C1CC1. The van der Waals surface area contributed by atoms with Gasteiger partial charge in [0.1, 0.15) is 0 Å². The summed E-state index contributed by atoms with van der Waals surface area (Å²) in [5.74, 6) is 1.59. The largest absolute Gasteiger partial charge is 0.312 e. The van der Waals surface area contributed by atoms with Gasteiger partial charge in [-0.25, -0.2) is 4.98 Å². The van der Waals surface area contributed by atoms with E-state index in [0.29, 0.717) is 0 Å². The minimum absolute atomic E-state index is 0.785. The molecule has 100 valence electrons. The quantitative estimate of drug-likeness (QED) is 0.780. The fourth-order valence-corrected chi connectivity index (χ4v) is 4.20. The molecule has 0 bridgehead atoms. The van der Waals surface area contributed by atoms with Gasteiger partial charge in [-0.1, -0.05) is 19.8 Å². The van der Waals surface area contributed by atoms with Crippen LogP contribution in [0.3, 0.4) is 0 Å². The van der Waals surface area contributed by atoms with Gasteiger partial charge in [-0.2, -0.15) is 0 Å². The molecule has 3 rings (SSSR count). The topological polar surface area (TPSA) is 24.9 Å². The van der Waals surface area contributed by atoms with Gasteiger partial charge in [0.15, 0.2) is 0 Å². The van der Waals surface area contributed by atoms with Crippen molar-refractivity contribution < 1.29 is 0 Å². The highest BCUT2D eigenvalue weighted by atomic mass is 32.1. The molecule has 18 heavy (non-hydrogen) atoms. The van der Waals surface area contributed by atoms with E-state index in [1.807, 2.05) is 11.3 Å². The van der Waals surface area contributed by atoms with Crippen molar-refractivity contribution in [2.75, 3.05) is 6.54 Å². The van der Waals surface area contributed by atoms with E-state index in [2.05, 4.69) is 12.2 Å². The van der Waals surface area contributed by atoms with Crippen LogP contribution in [-0.2, 0) is 6.54 Å². The molecule has 0 aromatic carbocycles. The lowest BCUT2D eigenvalue weighted by Gasteiger charge is -2.02. The van der Waals surface area contributed by atoms with Crippen LogP contribution in [0.2, 0.25) is 0 Å². The molecule has 0 unspecified atom stereocenters. The smallest absolute Gasteiger partial charge is 0.0962 e. The maximum Gasteiger partial charge on any atom is 0.0962 e. The lowest BCUT2D eigenvalue weighted by atomic mass is 10.1. The van der Waals surface area contributed by atoms with E-state index in [1.165, 1.54) is 60.5 Å². The van der Waals surface area contributed by atoms with E-state index in [9.17, 15) is 0 Å². The summed E-state index contributed by atoms with van der Waals surface area (Å²) in [4.78, 5) is 6.55. The third-order valence-corrected chi connectivity index (χ3v) is 5.36. The molecule has 2 aliphatic rings. The van der Waals surface area contributed by atoms with E-state index < -0.39 is 0 Å². The second kappa shape index (κ2) is 5.70. The summed E-state index contributed by atoms with van der Waals surface area (Å²) in [5.41, 5.74) is 1.45. The van der Waals surface area contributed by atoms with Crippen molar-refractivity contribution in [1.82, 2.24) is 10.3 Å². The number of thiazole rings is 1. The van der Waals surface area contributed by atoms with Gasteiger partial charge in [0.2, 0.25) is 0 Å². The van der Waals surface area contributed by atoms with Crippen molar-refractivity contribution in [2.45, 2.75) is 70.3 Å². The molecule has 0 atom stereocenters. The highest BCUT2D eigenvalue weighted by molar-refractivity contribution is 7.11. The summed E-state index contributed by atoms with van der Waals surface area (Å²) in [5, 5.41) is 5.00. The molecule has 2 nitrogen and oxygen atoms in total. The molecule has 2 fully saturated rings. The molecule has 3 heteroatoms. The summed E-state index contributed by atoms with van der Waals surface area (Å²) in [7, 11) is 0. The molecule has 0 radical (unpaired) electrons. The Morgan fingerprint density at radius 1 is 1.17 bits per heavy atom. The second-order valence-corrected chi connectivity index (χ2v) is 6.91. The van der Waals surface area contributed by atoms with Gasteiger partial charge in [-0.3, -0.25) is 0 Å². The summed E-state index contributed by atoms with van der Waals surface area (Å²) in [6, 6.07) is 0. The highest BCUT2D eigenvalue weighted by Gasteiger charge is 2.31. The molecule has 1 aromatic rings. The molecule has 1 heterocycles. The number of nitrogens with one attached hydrogen (secondary N) is 1. The van der Waals surface area contributed by atoms with Gasteiger partial charge < -0.3 is 5.32 Å². The Balaban J connectivity index is 1.73. The van der Waals surface area contributed by atoms with Crippen molar-refractivity contribution in [3.05, 3.63) is 15.6 Å². The highest BCUT2D eigenvalue weighted by Crippen LogP contribution is 2.45. The Morgan fingerprint density at radius 3 is 2.61 bits per heavy atom. The lowest BCUT2D eigenvalue weighted by molar-refractivity contribution is 0.675. The predicted molar refractivity (Wildman–Crippen MR) is 77.3 cm³/mol. The van der Waals surface area contributed by atoms with Gasteiger partial charge in [0, 0.05) is 23.3 Å². The minimum atomic E-state index is 0.785. The number of hydrogen-bond acceptors (Lipinski definition) is 3. The molecule has 2 saturated carbocycles. The molecule has 2 aliphatic carbocycles. The number of rotatable bonds is 6. The first-order valence-corrected chi connectivity index (χ1v) is 8.40. The summed E-state index contributed by atoms with van der Waals surface area (Å²) >= 11 is 2.00. The van der Waals surface area contributed by atoms with E-state index in [0.717, 1.165) is 24.9 Å². The van der Waals surface area contributed by atoms with Crippen LogP contribution in [0.1, 0.15) is 79.3 Å². The maximum atomic E-state index is 5.01. The zero-order chi connectivity index (χ0) is 12.4. The summed E-state index contributed by atoms with van der Waals surface area (Å²) in [6.07, 6.45) is 9.52. The van der Waals surface area contributed by atoms with Gasteiger partial charge in [0.05, 0.1) is 10.7 Å². The predicted octanol–water partition coefficient (Wildman–Crippen LogP) is 4.18. The fourth-order valence-electron chi connectivity index (χ4n) is 2.91. The summed E-state index contributed by atoms with van der Waals surface area (Å²) < 4.78 is 0. The average molecular weight is 264 g/mol. The monoisotopic (exact) mass is 264 g/mol. The van der Waals surface area contributed by atoms with Crippen LogP contribution in [0.5, 0.6) is 0 Å². The van der Waals surface area contributed by atoms with Crippen LogP contribution < -0.4 is 5.32 Å². The molecule has 0 aliphatic heterocycles. The Hall–Kier alpha value is -0.410. The molecule has 0 amide bonds. The second-order valence-electron chi connectivity index (χ2n) is 5.79. The average Bonchev–Trinajstić information content (AvgIpc) is 2.93. The van der Waals surface area contributed by atoms with Crippen LogP contribution in [0, 0.1) is 0 Å². The van der Waals surface area contributed by atoms with E-state index in [4.69, 9.17) is 4.98 Å². The first-order chi connectivity index (χ1) is 8.88. The molecule has 0 saturated heterocycles. The van der Waals surface area contributed by atoms with E-state index in [1.54, 1.807) is 0 Å². The molecule has 0 spiro atoms. The number of hydrogen-bond donors (Lipinski definition) is 1. The van der Waals surface area contributed by atoms with Gasteiger partial charge in [-0.15, -0.1) is 11.3 Å². The van der Waals surface area contributed by atoms with E-state index in [-0.39, 0.29) is 0 Å². The van der Waals surface area contributed by atoms with Crippen molar-refractivity contribution >= 4 is 11.3 Å². The molecular formula is C15H24N2S. The van der Waals surface area contributed by atoms with Gasteiger partial charge in [0.25, 0.3) is 0 Å². The Labute approximate surface area is 114 Å². The van der Waals surface area contributed by atoms with Crippen LogP contribution in [0.4, 0.5) is 0 Å². The number of aromatic nitrogens is 1. The van der Waals surface area contributed by atoms with Crippen LogP contribution in [0.15, 0.2) is 0 Å². The first kappa shape index (κ1) is 12.6. The van der Waals surface area contributed by atoms with Crippen molar-refractivity contribution in [2.24, 2.45) is 0 Å². The third kappa shape index (κ3) is 2.77. The zero-order valence-corrected chi connectivity index (χ0v) is 12.2. The zero-order valence-electron chi connectivity index (χ0n) is 11.4. The van der Waals surface area contributed by atoms with Crippen molar-refractivity contribution in [1.29, 1.82) is 0 Å². The number of nitrogens with zero attached hydrogens (tertiary/aromatic N) is 1. The normalized spacial score (nSPS) is 20.7. The lowest BCUT2D eigenvalue weighted by Crippen LogP contribution is -2.13. The maximum absolute atomic E-state index is 5.01. The Bertz CT molecular complexity index is 389. The minimum Gasteiger partial charge on any atom is -0.312 e. The standard InChI is InChI=1S/C15H24N2S/c1-2-9-16-10-13-14(11-7-8-11)17-15(18-13)12-5-3-4-6-12/h11-12,16H,2-10H2,1H3. The molecular weight excluding hydrogens is 240 g/mol. The molecule has 1 N–H and O–H groups in total. The van der Waals surface area contributed by atoms with Crippen LogP contribution in [0.25, 0.3) is 0 Å². The molecule has 1 aromatic heterocycles. The Kier molecular flexibility index (Phi) is 4.00. The van der Waals surface area contributed by atoms with Gasteiger partial charge >= 0.3 is 0 Å². The van der Waals surface area contributed by atoms with Crippen molar-refractivity contribution in [3.8, 4) is 0 Å². The van der Waals surface area contributed by atoms with E-state index >= 15 is 0 Å². The third-order valence-electron chi connectivity index (χ3n) is 4.12. The summed E-state index contributed by atoms with van der Waals surface area (Å²) in [6.45, 7) is 4.40. The van der Waals surface area contributed by atoms with Gasteiger partial charge in [-0.05, 0) is 38.6 Å². The van der Waals surface area contributed by atoms with Crippen molar-refractivity contribution in [3.63, 3.8) is 0 Å². The Morgan fingerprint density at radius 2 is 1.94 bits per heavy atom. The van der Waals surface area contributed by atoms with Crippen LogP contribution in [-0.4, -0.2) is 11.5 Å².